The van der Waals surface area contributed by atoms with Gasteiger partial charge in [-0.1, -0.05) is 45.0 Å². The highest BCUT2D eigenvalue weighted by atomic mass is 16.5. The summed E-state index contributed by atoms with van der Waals surface area (Å²) < 4.78 is 6.35. The molecule has 3 heteroatoms. The lowest BCUT2D eigenvalue weighted by molar-refractivity contribution is -0.131. The van der Waals surface area contributed by atoms with Crippen molar-refractivity contribution in [2.45, 2.75) is 70.3 Å². The number of benzene rings is 2. The molecule has 0 saturated heterocycles. The van der Waals surface area contributed by atoms with E-state index in [-0.39, 0.29) is 16.9 Å². The lowest BCUT2D eigenvalue weighted by atomic mass is 9.68. The first-order valence-electron chi connectivity index (χ1n) is 10.6. The Morgan fingerprint density at radius 3 is 2.69 bits per heavy atom. The van der Waals surface area contributed by atoms with E-state index in [1.165, 1.54) is 35.6 Å². The normalized spacial score (nSPS) is 24.8. The quantitative estimate of drug-likeness (QED) is 0.664. The molecule has 0 saturated carbocycles. The number of fused-ring (bicyclic) bond motifs is 2. The van der Waals surface area contributed by atoms with Gasteiger partial charge in [-0.05, 0) is 78.5 Å². The minimum Gasteiger partial charge on any atom is -0.489 e. The van der Waals surface area contributed by atoms with Crippen molar-refractivity contribution in [1.29, 1.82) is 0 Å². The first kappa shape index (κ1) is 19.8. The Bertz CT molecular complexity index is 985. The number of aliphatic carboxylic acids is 1. The van der Waals surface area contributed by atoms with Gasteiger partial charge >= 0.3 is 5.97 Å². The number of hydrogen-bond acceptors (Lipinski definition) is 2. The molecule has 29 heavy (non-hydrogen) atoms. The molecule has 1 aliphatic carbocycles. The van der Waals surface area contributed by atoms with E-state index in [0.717, 1.165) is 29.7 Å². The predicted octanol–water partition coefficient (Wildman–Crippen LogP) is 5.88. The summed E-state index contributed by atoms with van der Waals surface area (Å²) >= 11 is 0. The highest BCUT2D eigenvalue weighted by Crippen LogP contribution is 2.50. The SMILES string of the molecule is CCC1Oc2ccc(C=CC(=O)O)cc2C1(C)c1ccc2c(c1)CCCC2(C)C. The van der Waals surface area contributed by atoms with Crippen LogP contribution in [0.4, 0.5) is 0 Å². The second-order valence-electron chi connectivity index (χ2n) is 9.25. The number of carbonyl (C=O) groups is 1. The van der Waals surface area contributed by atoms with Crippen LogP contribution in [0.5, 0.6) is 5.75 Å². The van der Waals surface area contributed by atoms with Crippen LogP contribution in [0.2, 0.25) is 0 Å². The first-order valence-corrected chi connectivity index (χ1v) is 10.6. The highest BCUT2D eigenvalue weighted by Gasteiger charge is 2.46. The number of carboxylic acids is 1. The van der Waals surface area contributed by atoms with Crippen molar-refractivity contribution in [3.05, 3.63) is 70.3 Å². The maximum Gasteiger partial charge on any atom is 0.328 e. The van der Waals surface area contributed by atoms with Crippen molar-refractivity contribution in [3.63, 3.8) is 0 Å². The van der Waals surface area contributed by atoms with Gasteiger partial charge in [-0.2, -0.15) is 0 Å². The fourth-order valence-corrected chi connectivity index (χ4v) is 5.24. The van der Waals surface area contributed by atoms with Gasteiger partial charge in [0.05, 0.1) is 5.41 Å². The van der Waals surface area contributed by atoms with Gasteiger partial charge in [0.15, 0.2) is 0 Å². The van der Waals surface area contributed by atoms with Gasteiger partial charge in [-0.25, -0.2) is 4.79 Å². The Balaban J connectivity index is 1.83. The van der Waals surface area contributed by atoms with Crippen LogP contribution in [0.15, 0.2) is 42.5 Å². The Hall–Kier alpha value is -2.55. The van der Waals surface area contributed by atoms with Gasteiger partial charge in [0.1, 0.15) is 11.9 Å². The molecule has 2 aromatic rings. The molecular weight excluding hydrogens is 360 g/mol. The van der Waals surface area contributed by atoms with Gasteiger partial charge in [0, 0.05) is 11.6 Å². The molecule has 0 fully saturated rings. The van der Waals surface area contributed by atoms with E-state index >= 15 is 0 Å². The van der Waals surface area contributed by atoms with Crippen molar-refractivity contribution >= 4 is 12.0 Å². The molecular formula is C26H30O3. The first-order chi connectivity index (χ1) is 13.8. The van der Waals surface area contributed by atoms with Crippen molar-refractivity contribution in [2.75, 3.05) is 0 Å². The third kappa shape index (κ3) is 3.27. The van der Waals surface area contributed by atoms with E-state index < -0.39 is 5.97 Å². The summed E-state index contributed by atoms with van der Waals surface area (Å²) in [5.74, 6) is -0.0295. The predicted molar refractivity (Wildman–Crippen MR) is 117 cm³/mol. The van der Waals surface area contributed by atoms with Crippen LogP contribution >= 0.6 is 0 Å². The monoisotopic (exact) mass is 390 g/mol. The summed E-state index contributed by atoms with van der Waals surface area (Å²) in [6.45, 7) is 9.13. The molecule has 1 N–H and O–H groups in total. The van der Waals surface area contributed by atoms with E-state index in [0.29, 0.717) is 0 Å². The van der Waals surface area contributed by atoms with Crippen LogP contribution in [0, 0.1) is 0 Å². The number of ether oxygens (including phenoxy) is 1. The van der Waals surface area contributed by atoms with Crippen molar-refractivity contribution < 1.29 is 14.6 Å². The molecule has 0 bridgehead atoms. The van der Waals surface area contributed by atoms with E-state index in [9.17, 15) is 4.79 Å². The Kier molecular flexibility index (Phi) is 4.80. The Labute approximate surface area is 173 Å². The second kappa shape index (κ2) is 7.05. The molecule has 0 aromatic heterocycles. The molecule has 2 aliphatic rings. The molecule has 1 heterocycles. The molecule has 152 valence electrons. The molecule has 2 atom stereocenters. The smallest absolute Gasteiger partial charge is 0.328 e. The Morgan fingerprint density at radius 2 is 1.97 bits per heavy atom. The molecule has 2 unspecified atom stereocenters. The van der Waals surface area contributed by atoms with Crippen molar-refractivity contribution in [1.82, 2.24) is 0 Å². The van der Waals surface area contributed by atoms with E-state index in [1.54, 1.807) is 6.08 Å². The zero-order valence-electron chi connectivity index (χ0n) is 17.8. The number of rotatable bonds is 4. The van der Waals surface area contributed by atoms with E-state index in [1.807, 2.05) is 12.1 Å². The van der Waals surface area contributed by atoms with Crippen LogP contribution in [0.3, 0.4) is 0 Å². The molecule has 0 spiro atoms. The lowest BCUT2D eigenvalue weighted by Gasteiger charge is -2.36. The molecule has 1 aliphatic heterocycles. The number of aryl methyl sites for hydroxylation is 1. The third-order valence-electron chi connectivity index (χ3n) is 6.95. The van der Waals surface area contributed by atoms with Crippen LogP contribution < -0.4 is 4.74 Å². The average molecular weight is 391 g/mol. The zero-order valence-corrected chi connectivity index (χ0v) is 17.8. The average Bonchev–Trinajstić information content (AvgIpc) is 2.98. The highest BCUT2D eigenvalue weighted by molar-refractivity contribution is 5.85. The van der Waals surface area contributed by atoms with Crippen molar-refractivity contribution in [3.8, 4) is 5.75 Å². The van der Waals surface area contributed by atoms with Gasteiger partial charge in [-0.3, -0.25) is 0 Å². The summed E-state index contributed by atoms with van der Waals surface area (Å²) in [5, 5.41) is 8.97. The van der Waals surface area contributed by atoms with E-state index in [4.69, 9.17) is 9.84 Å². The van der Waals surface area contributed by atoms with Gasteiger partial charge in [0.25, 0.3) is 0 Å². The summed E-state index contributed by atoms with van der Waals surface area (Å²) in [4.78, 5) is 10.9. The molecule has 0 amide bonds. The zero-order chi connectivity index (χ0) is 20.8. The fraction of sp³-hybridized carbons (Fsp3) is 0.423. The van der Waals surface area contributed by atoms with Gasteiger partial charge < -0.3 is 9.84 Å². The standard InChI is InChI=1S/C26H30O3/c1-5-23-26(4,19-10-11-20-18(16-19)7-6-14-25(20,2)3)21-15-17(9-13-24(27)28)8-12-22(21)29-23/h8-13,15-16,23H,5-7,14H2,1-4H3,(H,27,28). The lowest BCUT2D eigenvalue weighted by Crippen LogP contribution is -2.36. The molecule has 2 aromatic carbocycles. The maximum absolute atomic E-state index is 10.9. The topological polar surface area (TPSA) is 46.5 Å². The molecule has 0 radical (unpaired) electrons. The molecule has 4 rings (SSSR count). The van der Waals surface area contributed by atoms with Crippen molar-refractivity contribution in [2.24, 2.45) is 0 Å². The van der Waals surface area contributed by atoms with E-state index in [2.05, 4.69) is 52.0 Å². The summed E-state index contributed by atoms with van der Waals surface area (Å²) in [6, 6.07) is 13.0. The van der Waals surface area contributed by atoms with Gasteiger partial charge in [-0.15, -0.1) is 0 Å². The fourth-order valence-electron chi connectivity index (χ4n) is 5.24. The summed E-state index contributed by atoms with van der Waals surface area (Å²) in [7, 11) is 0. The Morgan fingerprint density at radius 1 is 1.17 bits per heavy atom. The van der Waals surface area contributed by atoms with Crippen LogP contribution in [-0.2, 0) is 22.0 Å². The van der Waals surface area contributed by atoms with Crippen LogP contribution in [0.1, 0.15) is 74.8 Å². The third-order valence-corrected chi connectivity index (χ3v) is 6.95. The van der Waals surface area contributed by atoms with Crippen LogP contribution in [-0.4, -0.2) is 17.2 Å². The van der Waals surface area contributed by atoms with Crippen LogP contribution in [0.25, 0.3) is 6.08 Å². The van der Waals surface area contributed by atoms with Gasteiger partial charge in [0.2, 0.25) is 0 Å². The number of hydrogen-bond donors (Lipinski definition) is 1. The molecule has 3 nitrogen and oxygen atoms in total. The minimum atomic E-state index is -0.937. The largest absolute Gasteiger partial charge is 0.489 e. The summed E-state index contributed by atoms with van der Waals surface area (Å²) in [5.41, 5.74) is 6.23. The number of carboxylic acid groups (broad SMARTS) is 1. The maximum atomic E-state index is 10.9. The summed E-state index contributed by atoms with van der Waals surface area (Å²) in [6.07, 6.45) is 7.41. The minimum absolute atomic E-state index is 0.0610. The second-order valence-corrected chi connectivity index (χ2v) is 9.25.